The first-order valence-corrected chi connectivity index (χ1v) is 8.30. The molecule has 0 saturated carbocycles. The fourth-order valence-corrected chi connectivity index (χ4v) is 3.07. The molecular weight excluding hydrogens is 296 g/mol. The molecule has 0 radical (unpaired) electrons. The van der Waals surface area contributed by atoms with Gasteiger partial charge in [-0.25, -0.2) is 0 Å². The summed E-state index contributed by atoms with van der Waals surface area (Å²) < 4.78 is 0. The molecule has 0 aliphatic rings. The first-order chi connectivity index (χ1) is 10.6. The molecule has 0 aromatic heterocycles. The molecule has 0 aliphatic carbocycles. The lowest BCUT2D eigenvalue weighted by molar-refractivity contribution is -0.114. The number of phenolic OH excluding ortho intramolecular Hbond substituents is 2. The van der Waals surface area contributed by atoms with Crippen LogP contribution in [0.15, 0.2) is 48.5 Å². The lowest BCUT2D eigenvalue weighted by Gasteiger charge is -2.18. The maximum atomic E-state index is 11.2. The summed E-state index contributed by atoms with van der Waals surface area (Å²) in [5, 5.41) is 19.5. The second-order valence-corrected chi connectivity index (χ2v) is 5.64. The zero-order valence-electron chi connectivity index (χ0n) is 13.1. The summed E-state index contributed by atoms with van der Waals surface area (Å²) in [5.74, 6) is 0.653. The molecule has 2 aromatic carbocycles. The molecule has 22 heavy (non-hydrogen) atoms. The van der Waals surface area contributed by atoms with Crippen LogP contribution in [-0.4, -0.2) is 21.7 Å². The van der Waals surface area contributed by atoms with Crippen molar-refractivity contribution in [2.75, 3.05) is 5.75 Å². The van der Waals surface area contributed by atoms with Gasteiger partial charge in [0.05, 0.1) is 11.0 Å². The van der Waals surface area contributed by atoms with Crippen molar-refractivity contribution >= 4 is 17.5 Å². The molecule has 0 amide bonds. The van der Waals surface area contributed by atoms with Gasteiger partial charge in [-0.15, -0.1) is 11.8 Å². The number of rotatable bonds is 5. The Bertz CT molecular complexity index is 597. The summed E-state index contributed by atoms with van der Waals surface area (Å²) in [6.45, 7) is 5.54. The van der Waals surface area contributed by atoms with E-state index in [1.54, 1.807) is 6.07 Å². The summed E-state index contributed by atoms with van der Waals surface area (Å²) in [4.78, 5) is 11.2. The monoisotopic (exact) mass is 318 g/mol. The number of Topliss-reactive ketones (excluding diaryl/α,β-unsaturated/α-hetero) is 1. The van der Waals surface area contributed by atoms with E-state index < -0.39 is 0 Å². The van der Waals surface area contributed by atoms with Crippen molar-refractivity contribution in [1.82, 2.24) is 0 Å². The molecule has 2 aromatic rings. The standard InChI is InChI=1S/C16H16O3S.C2H6/c1-11(17)10-20-16(12-5-3-2-4-6-12)14-9-13(18)7-8-15(14)19;1-2/h2-9,16,18-19H,10H2,1H3;1-2H3. The van der Waals surface area contributed by atoms with E-state index in [-0.39, 0.29) is 22.5 Å². The van der Waals surface area contributed by atoms with Gasteiger partial charge in [0.2, 0.25) is 0 Å². The number of thioether (sulfide) groups is 1. The quantitative estimate of drug-likeness (QED) is 0.795. The second-order valence-electron chi connectivity index (χ2n) is 4.55. The molecule has 0 fully saturated rings. The van der Waals surface area contributed by atoms with Crippen molar-refractivity contribution in [1.29, 1.82) is 0 Å². The Morgan fingerprint density at radius 1 is 1.09 bits per heavy atom. The highest BCUT2D eigenvalue weighted by Crippen LogP contribution is 2.41. The van der Waals surface area contributed by atoms with E-state index in [9.17, 15) is 15.0 Å². The molecule has 0 bridgehead atoms. The molecule has 1 unspecified atom stereocenters. The predicted molar refractivity (Wildman–Crippen MR) is 92.5 cm³/mol. The van der Waals surface area contributed by atoms with Gasteiger partial charge in [-0.3, -0.25) is 4.79 Å². The summed E-state index contributed by atoms with van der Waals surface area (Å²) in [6.07, 6.45) is 0. The Morgan fingerprint density at radius 2 is 1.73 bits per heavy atom. The largest absolute Gasteiger partial charge is 0.508 e. The molecule has 0 aliphatic heterocycles. The van der Waals surface area contributed by atoms with E-state index in [4.69, 9.17) is 0 Å². The van der Waals surface area contributed by atoms with Crippen molar-refractivity contribution in [3.05, 3.63) is 59.7 Å². The van der Waals surface area contributed by atoms with Crippen molar-refractivity contribution in [2.45, 2.75) is 26.0 Å². The fraction of sp³-hybridized carbons (Fsp3) is 0.278. The fourth-order valence-electron chi connectivity index (χ4n) is 1.95. The lowest BCUT2D eigenvalue weighted by Crippen LogP contribution is -2.02. The van der Waals surface area contributed by atoms with Crippen LogP contribution in [0.4, 0.5) is 0 Å². The van der Waals surface area contributed by atoms with Gasteiger partial charge in [0, 0.05) is 5.56 Å². The summed E-state index contributed by atoms with van der Waals surface area (Å²) >= 11 is 1.44. The van der Waals surface area contributed by atoms with Gasteiger partial charge in [-0.2, -0.15) is 0 Å². The number of carbonyl (C=O) groups is 1. The second kappa shape index (κ2) is 9.15. The van der Waals surface area contributed by atoms with Gasteiger partial charge < -0.3 is 10.2 Å². The number of hydrogen-bond acceptors (Lipinski definition) is 4. The molecule has 1 atom stereocenters. The van der Waals surface area contributed by atoms with Crippen molar-refractivity contribution in [3.63, 3.8) is 0 Å². The Kier molecular flexibility index (Phi) is 7.54. The molecule has 4 heteroatoms. The number of carbonyl (C=O) groups excluding carboxylic acids is 1. The van der Waals surface area contributed by atoms with Crippen LogP contribution in [-0.2, 0) is 4.79 Å². The third-order valence-corrected chi connectivity index (χ3v) is 4.28. The molecule has 0 saturated heterocycles. The average molecular weight is 318 g/mol. The van der Waals surface area contributed by atoms with Crippen molar-refractivity contribution in [2.24, 2.45) is 0 Å². The summed E-state index contributed by atoms with van der Waals surface area (Å²) in [6, 6.07) is 14.1. The van der Waals surface area contributed by atoms with Crippen LogP contribution in [0.5, 0.6) is 11.5 Å². The first kappa shape index (κ1) is 18.1. The zero-order valence-corrected chi connectivity index (χ0v) is 13.9. The SMILES string of the molecule is CC.CC(=O)CSC(c1ccccc1)c1cc(O)ccc1O. The first-order valence-electron chi connectivity index (χ1n) is 7.26. The Hall–Kier alpha value is -1.94. The highest BCUT2D eigenvalue weighted by molar-refractivity contribution is 8.00. The van der Waals surface area contributed by atoms with Crippen molar-refractivity contribution < 1.29 is 15.0 Å². The minimum atomic E-state index is -0.188. The smallest absolute Gasteiger partial charge is 0.139 e. The molecule has 2 rings (SSSR count). The maximum absolute atomic E-state index is 11.2. The molecule has 0 heterocycles. The van der Waals surface area contributed by atoms with Crippen LogP contribution in [0, 0.1) is 0 Å². The van der Waals surface area contributed by atoms with E-state index in [0.717, 1.165) is 5.56 Å². The van der Waals surface area contributed by atoms with E-state index in [1.165, 1.54) is 30.8 Å². The van der Waals surface area contributed by atoms with Crippen LogP contribution in [0.2, 0.25) is 0 Å². The number of aromatic hydroxyl groups is 2. The Labute approximate surface area is 136 Å². The average Bonchev–Trinajstić information content (AvgIpc) is 2.53. The van der Waals surface area contributed by atoms with E-state index >= 15 is 0 Å². The normalized spacial score (nSPS) is 11.2. The van der Waals surface area contributed by atoms with Crippen LogP contribution in [0.25, 0.3) is 0 Å². The number of phenols is 2. The van der Waals surface area contributed by atoms with Gasteiger partial charge >= 0.3 is 0 Å². The topological polar surface area (TPSA) is 57.5 Å². The minimum Gasteiger partial charge on any atom is -0.508 e. The zero-order chi connectivity index (χ0) is 16.5. The number of benzene rings is 2. The third kappa shape index (κ3) is 5.11. The van der Waals surface area contributed by atoms with Gasteiger partial charge in [0.25, 0.3) is 0 Å². The van der Waals surface area contributed by atoms with Gasteiger partial charge in [-0.05, 0) is 30.7 Å². The lowest BCUT2D eigenvalue weighted by atomic mass is 10.0. The van der Waals surface area contributed by atoms with Crippen LogP contribution < -0.4 is 0 Å². The van der Waals surface area contributed by atoms with Crippen LogP contribution >= 0.6 is 11.8 Å². The Balaban J connectivity index is 0.00000116. The van der Waals surface area contributed by atoms with Gasteiger partial charge in [0.15, 0.2) is 0 Å². The maximum Gasteiger partial charge on any atom is 0.139 e. The van der Waals surface area contributed by atoms with Gasteiger partial charge in [-0.1, -0.05) is 44.2 Å². The highest BCUT2D eigenvalue weighted by Gasteiger charge is 2.19. The highest BCUT2D eigenvalue weighted by atomic mass is 32.2. The minimum absolute atomic E-state index is 0.0792. The van der Waals surface area contributed by atoms with E-state index in [0.29, 0.717) is 11.3 Å². The Morgan fingerprint density at radius 3 is 2.32 bits per heavy atom. The molecule has 0 spiro atoms. The summed E-state index contributed by atoms with van der Waals surface area (Å²) in [5.41, 5.74) is 1.60. The molecule has 3 nitrogen and oxygen atoms in total. The third-order valence-electron chi connectivity index (χ3n) is 2.85. The predicted octanol–water partition coefficient (Wildman–Crippen LogP) is 4.54. The van der Waals surface area contributed by atoms with E-state index in [2.05, 4.69) is 0 Å². The number of ketones is 1. The van der Waals surface area contributed by atoms with Gasteiger partial charge in [0.1, 0.15) is 17.3 Å². The summed E-state index contributed by atoms with van der Waals surface area (Å²) in [7, 11) is 0. The number of hydrogen-bond donors (Lipinski definition) is 2. The van der Waals surface area contributed by atoms with Crippen LogP contribution in [0.3, 0.4) is 0 Å². The molecular formula is C18H22O3S. The van der Waals surface area contributed by atoms with Crippen LogP contribution in [0.1, 0.15) is 37.1 Å². The van der Waals surface area contributed by atoms with E-state index in [1.807, 2.05) is 44.2 Å². The molecule has 118 valence electrons. The molecule has 2 N–H and O–H groups in total. The van der Waals surface area contributed by atoms with Crippen molar-refractivity contribution in [3.8, 4) is 11.5 Å².